The molecule has 0 aliphatic rings. The molecular formula is C8H20N2O2. The van der Waals surface area contributed by atoms with E-state index in [9.17, 15) is 5.11 Å². The van der Waals surface area contributed by atoms with Crippen molar-refractivity contribution in [3.63, 3.8) is 0 Å². The summed E-state index contributed by atoms with van der Waals surface area (Å²) in [6.07, 6.45) is -0.420. The van der Waals surface area contributed by atoms with Crippen LogP contribution in [-0.2, 0) is 4.74 Å². The molecule has 0 spiro atoms. The summed E-state index contributed by atoms with van der Waals surface area (Å²) in [5.41, 5.74) is 5.27. The molecule has 0 aliphatic carbocycles. The molecule has 0 aromatic rings. The zero-order valence-electron chi connectivity index (χ0n) is 7.99. The summed E-state index contributed by atoms with van der Waals surface area (Å²) in [6, 6.07) is 0. The Bertz CT molecular complexity index is 101. The standard InChI is InChI=1S/C8H20N2O2/c1-3-12-5-4-10(2)7-8(11)6-9/h8,11H,3-7,9H2,1-2H3. The van der Waals surface area contributed by atoms with Gasteiger partial charge in [0.05, 0.1) is 12.7 Å². The molecule has 0 radical (unpaired) electrons. The third kappa shape index (κ3) is 6.54. The van der Waals surface area contributed by atoms with Crippen LogP contribution in [0.3, 0.4) is 0 Å². The smallest absolute Gasteiger partial charge is 0.0789 e. The van der Waals surface area contributed by atoms with Crippen LogP contribution in [0.15, 0.2) is 0 Å². The molecular weight excluding hydrogens is 156 g/mol. The van der Waals surface area contributed by atoms with Gasteiger partial charge in [-0.25, -0.2) is 0 Å². The lowest BCUT2D eigenvalue weighted by Crippen LogP contribution is -2.35. The third-order valence-corrected chi connectivity index (χ3v) is 1.62. The van der Waals surface area contributed by atoms with Crippen LogP contribution in [0.5, 0.6) is 0 Å². The monoisotopic (exact) mass is 176 g/mol. The molecule has 0 bridgehead atoms. The average molecular weight is 176 g/mol. The van der Waals surface area contributed by atoms with Crippen molar-refractivity contribution in [3.8, 4) is 0 Å². The van der Waals surface area contributed by atoms with Crippen molar-refractivity contribution in [2.45, 2.75) is 13.0 Å². The number of nitrogens with zero attached hydrogens (tertiary/aromatic N) is 1. The van der Waals surface area contributed by atoms with Crippen molar-refractivity contribution < 1.29 is 9.84 Å². The highest BCUT2D eigenvalue weighted by molar-refractivity contribution is 4.60. The summed E-state index contributed by atoms with van der Waals surface area (Å²) < 4.78 is 5.16. The van der Waals surface area contributed by atoms with Gasteiger partial charge in [0.25, 0.3) is 0 Å². The first-order valence-electron chi connectivity index (χ1n) is 4.35. The maximum atomic E-state index is 9.18. The molecule has 4 nitrogen and oxygen atoms in total. The second kappa shape index (κ2) is 7.49. The van der Waals surface area contributed by atoms with Crippen molar-refractivity contribution >= 4 is 0 Å². The molecule has 0 fully saturated rings. The van der Waals surface area contributed by atoms with E-state index in [1.165, 1.54) is 0 Å². The van der Waals surface area contributed by atoms with Crippen LogP contribution in [-0.4, -0.2) is 56.0 Å². The number of rotatable bonds is 7. The van der Waals surface area contributed by atoms with Crippen molar-refractivity contribution in [1.82, 2.24) is 4.90 Å². The minimum absolute atomic E-state index is 0.318. The van der Waals surface area contributed by atoms with E-state index < -0.39 is 6.10 Å². The molecule has 0 amide bonds. The highest BCUT2D eigenvalue weighted by Gasteiger charge is 2.04. The van der Waals surface area contributed by atoms with E-state index in [4.69, 9.17) is 10.5 Å². The first kappa shape index (κ1) is 11.8. The van der Waals surface area contributed by atoms with Crippen molar-refractivity contribution in [3.05, 3.63) is 0 Å². The zero-order valence-corrected chi connectivity index (χ0v) is 7.99. The van der Waals surface area contributed by atoms with Crippen LogP contribution < -0.4 is 5.73 Å². The Labute approximate surface area is 74.3 Å². The van der Waals surface area contributed by atoms with Gasteiger partial charge in [0.2, 0.25) is 0 Å². The fourth-order valence-corrected chi connectivity index (χ4v) is 0.890. The molecule has 0 saturated heterocycles. The lowest BCUT2D eigenvalue weighted by atomic mass is 10.3. The molecule has 0 saturated carbocycles. The van der Waals surface area contributed by atoms with Crippen molar-refractivity contribution in [2.24, 2.45) is 5.73 Å². The van der Waals surface area contributed by atoms with Gasteiger partial charge in [-0.05, 0) is 14.0 Å². The van der Waals surface area contributed by atoms with Crippen LogP contribution in [0.1, 0.15) is 6.92 Å². The van der Waals surface area contributed by atoms with Gasteiger partial charge in [-0.1, -0.05) is 0 Å². The van der Waals surface area contributed by atoms with Crippen LogP contribution in [0.2, 0.25) is 0 Å². The maximum absolute atomic E-state index is 9.18. The number of nitrogens with two attached hydrogens (primary N) is 1. The Balaban J connectivity index is 3.26. The van der Waals surface area contributed by atoms with E-state index in [0.29, 0.717) is 19.7 Å². The molecule has 0 aliphatic heterocycles. The van der Waals surface area contributed by atoms with E-state index in [2.05, 4.69) is 0 Å². The van der Waals surface area contributed by atoms with Gasteiger partial charge in [-0.15, -0.1) is 0 Å². The Morgan fingerprint density at radius 1 is 1.58 bits per heavy atom. The summed E-state index contributed by atoms with van der Waals surface area (Å²) in [7, 11) is 1.94. The number of hydrogen-bond acceptors (Lipinski definition) is 4. The number of likely N-dealkylation sites (N-methyl/N-ethyl adjacent to an activating group) is 1. The number of hydrogen-bond donors (Lipinski definition) is 2. The van der Waals surface area contributed by atoms with Gasteiger partial charge < -0.3 is 20.5 Å². The molecule has 1 unspecified atom stereocenters. The van der Waals surface area contributed by atoms with Gasteiger partial charge in [-0.3, -0.25) is 0 Å². The molecule has 0 rings (SSSR count). The summed E-state index contributed by atoms with van der Waals surface area (Å²) in [6.45, 7) is 5.19. The Hall–Kier alpha value is -0.160. The van der Waals surface area contributed by atoms with Crippen molar-refractivity contribution in [2.75, 3.05) is 39.9 Å². The molecule has 12 heavy (non-hydrogen) atoms. The quantitative estimate of drug-likeness (QED) is 0.502. The second-order valence-electron chi connectivity index (χ2n) is 2.85. The Morgan fingerprint density at radius 2 is 2.25 bits per heavy atom. The van der Waals surface area contributed by atoms with Crippen LogP contribution in [0.4, 0.5) is 0 Å². The SMILES string of the molecule is CCOCCN(C)CC(O)CN. The molecule has 0 heterocycles. The average Bonchev–Trinajstić information content (AvgIpc) is 2.05. The third-order valence-electron chi connectivity index (χ3n) is 1.62. The maximum Gasteiger partial charge on any atom is 0.0789 e. The number of aliphatic hydroxyl groups excluding tert-OH is 1. The van der Waals surface area contributed by atoms with Crippen LogP contribution in [0.25, 0.3) is 0 Å². The minimum atomic E-state index is -0.420. The molecule has 1 atom stereocenters. The minimum Gasteiger partial charge on any atom is -0.390 e. The zero-order chi connectivity index (χ0) is 9.40. The molecule has 74 valence electrons. The highest BCUT2D eigenvalue weighted by Crippen LogP contribution is 1.87. The lowest BCUT2D eigenvalue weighted by molar-refractivity contribution is 0.0921. The van der Waals surface area contributed by atoms with E-state index in [1.807, 2.05) is 18.9 Å². The van der Waals surface area contributed by atoms with E-state index in [1.54, 1.807) is 0 Å². The van der Waals surface area contributed by atoms with Crippen molar-refractivity contribution in [1.29, 1.82) is 0 Å². The highest BCUT2D eigenvalue weighted by atomic mass is 16.5. The number of ether oxygens (including phenoxy) is 1. The van der Waals surface area contributed by atoms with Crippen LogP contribution in [0, 0.1) is 0 Å². The summed E-state index contributed by atoms with van der Waals surface area (Å²) >= 11 is 0. The lowest BCUT2D eigenvalue weighted by Gasteiger charge is -2.19. The fourth-order valence-electron chi connectivity index (χ4n) is 0.890. The first-order chi connectivity index (χ1) is 5.70. The van der Waals surface area contributed by atoms with Gasteiger partial charge in [0.15, 0.2) is 0 Å². The summed E-state index contributed by atoms with van der Waals surface area (Å²) in [5.74, 6) is 0. The topological polar surface area (TPSA) is 58.7 Å². The second-order valence-corrected chi connectivity index (χ2v) is 2.85. The Kier molecular flexibility index (Phi) is 7.39. The molecule has 0 aromatic heterocycles. The first-order valence-corrected chi connectivity index (χ1v) is 4.35. The predicted molar refractivity (Wildman–Crippen MR) is 49.1 cm³/mol. The predicted octanol–water partition coefficient (Wildman–Crippen LogP) is -0.726. The van der Waals surface area contributed by atoms with Gasteiger partial charge in [-0.2, -0.15) is 0 Å². The Morgan fingerprint density at radius 3 is 2.75 bits per heavy atom. The fraction of sp³-hybridized carbons (Fsp3) is 1.00. The summed E-state index contributed by atoms with van der Waals surface area (Å²) in [5, 5.41) is 9.18. The van der Waals surface area contributed by atoms with E-state index in [-0.39, 0.29) is 0 Å². The van der Waals surface area contributed by atoms with Crippen LogP contribution >= 0.6 is 0 Å². The molecule has 3 N–H and O–H groups in total. The van der Waals surface area contributed by atoms with E-state index >= 15 is 0 Å². The molecule has 4 heteroatoms. The summed E-state index contributed by atoms with van der Waals surface area (Å²) in [4.78, 5) is 2.01. The largest absolute Gasteiger partial charge is 0.390 e. The molecule has 0 aromatic carbocycles. The van der Waals surface area contributed by atoms with Gasteiger partial charge in [0, 0.05) is 26.2 Å². The number of aliphatic hydroxyl groups is 1. The normalized spacial score (nSPS) is 13.8. The van der Waals surface area contributed by atoms with Gasteiger partial charge in [0.1, 0.15) is 0 Å². The van der Waals surface area contributed by atoms with E-state index in [0.717, 1.165) is 13.2 Å². The van der Waals surface area contributed by atoms with Gasteiger partial charge >= 0.3 is 0 Å².